The van der Waals surface area contributed by atoms with Crippen LogP contribution < -0.4 is 5.32 Å². The molecule has 0 saturated heterocycles. The number of methoxy groups -OCH3 is 1. The highest BCUT2D eigenvalue weighted by Gasteiger charge is 2.28. The van der Waals surface area contributed by atoms with Gasteiger partial charge in [-0.2, -0.15) is 0 Å². The molecule has 2 aromatic rings. The lowest BCUT2D eigenvalue weighted by Crippen LogP contribution is -2.19. The quantitative estimate of drug-likeness (QED) is 0.861. The van der Waals surface area contributed by atoms with Crippen molar-refractivity contribution < 1.29 is 9.53 Å². The third-order valence-electron chi connectivity index (χ3n) is 3.63. The second-order valence-electron chi connectivity index (χ2n) is 4.96. The lowest BCUT2D eigenvalue weighted by molar-refractivity contribution is -0.141. The molecule has 4 rings (SSSR count). The number of nitrogens with zero attached hydrogens (tertiary/aromatic N) is 2. The van der Waals surface area contributed by atoms with Gasteiger partial charge in [0.05, 0.1) is 17.3 Å². The first-order chi connectivity index (χ1) is 10.2. The summed E-state index contributed by atoms with van der Waals surface area (Å²) in [5.74, 6) is 0.359. The van der Waals surface area contributed by atoms with E-state index in [1.54, 1.807) is 23.1 Å². The minimum absolute atomic E-state index is 0.276. The highest BCUT2D eigenvalue weighted by molar-refractivity contribution is 8.15. The van der Waals surface area contributed by atoms with Crippen LogP contribution in [0.1, 0.15) is 10.6 Å². The minimum Gasteiger partial charge on any atom is -0.467 e. The van der Waals surface area contributed by atoms with Crippen LogP contribution in [0.4, 0.5) is 5.69 Å². The molecule has 3 heterocycles. The number of thioether (sulfide) groups is 1. The van der Waals surface area contributed by atoms with Gasteiger partial charge in [0.2, 0.25) is 0 Å². The Hall–Kier alpha value is -1.60. The normalized spacial score (nSPS) is 20.2. The highest BCUT2D eigenvalue weighted by Crippen LogP contribution is 2.34. The number of thiazole rings is 1. The maximum Gasteiger partial charge on any atom is 0.331 e. The van der Waals surface area contributed by atoms with Gasteiger partial charge in [-0.3, -0.25) is 4.99 Å². The molecule has 2 aliphatic heterocycles. The molecule has 0 aliphatic carbocycles. The predicted molar refractivity (Wildman–Crippen MR) is 86.6 cm³/mol. The Balaban J connectivity index is 1.70. The number of carbonyl (C=O) groups is 1. The number of esters is 1. The van der Waals surface area contributed by atoms with Crippen molar-refractivity contribution in [3.63, 3.8) is 0 Å². The van der Waals surface area contributed by atoms with Crippen molar-refractivity contribution in [1.29, 1.82) is 0 Å². The molecule has 0 spiro atoms. The molecule has 0 bridgehead atoms. The summed E-state index contributed by atoms with van der Waals surface area (Å²) in [7, 11) is 1.40. The van der Waals surface area contributed by atoms with Crippen molar-refractivity contribution in [3.8, 4) is 0 Å². The Morgan fingerprint density at radius 3 is 3.24 bits per heavy atom. The van der Waals surface area contributed by atoms with E-state index in [2.05, 4.69) is 27.4 Å². The van der Waals surface area contributed by atoms with Crippen molar-refractivity contribution in [2.75, 3.05) is 24.7 Å². The van der Waals surface area contributed by atoms with Crippen LogP contribution in [0.2, 0.25) is 0 Å². The summed E-state index contributed by atoms with van der Waals surface area (Å²) in [5, 5.41) is 5.12. The van der Waals surface area contributed by atoms with Gasteiger partial charge in [0.25, 0.3) is 0 Å². The van der Waals surface area contributed by atoms with Gasteiger partial charge in [0, 0.05) is 18.0 Å². The molecule has 7 heteroatoms. The van der Waals surface area contributed by atoms with Crippen molar-refractivity contribution in [2.45, 2.75) is 12.5 Å². The molecule has 2 aliphatic rings. The Kier molecular flexibility index (Phi) is 3.11. The second-order valence-corrected chi connectivity index (χ2v) is 7.00. The summed E-state index contributed by atoms with van der Waals surface area (Å²) in [6.07, 6.45) is 1.05. The molecule has 1 atom stereocenters. The van der Waals surface area contributed by atoms with Crippen LogP contribution in [-0.2, 0) is 16.0 Å². The van der Waals surface area contributed by atoms with Crippen molar-refractivity contribution in [1.82, 2.24) is 4.98 Å². The smallest absolute Gasteiger partial charge is 0.331 e. The molecule has 0 saturated carbocycles. The molecule has 1 aromatic carbocycles. The lowest BCUT2D eigenvalue weighted by atomic mass is 10.1. The molecule has 1 aromatic heterocycles. The highest BCUT2D eigenvalue weighted by atomic mass is 32.2. The standard InChI is InChI=1S/C14H13N3O2S2/c1-19-14(18)10-6-20-12(17-10)13-16-9-4-7-2-3-15-8(7)5-11(9)21-13/h4-5,10,15H,2-3,6H2,1H3/t10-/m1/s1. The first-order valence-electron chi connectivity index (χ1n) is 6.71. The number of ether oxygens (including phenoxy) is 1. The van der Waals surface area contributed by atoms with Gasteiger partial charge in [0.1, 0.15) is 10.1 Å². The number of nitrogens with one attached hydrogen (secondary N) is 1. The molecule has 1 N–H and O–H groups in total. The lowest BCUT2D eigenvalue weighted by Gasteiger charge is -2.00. The molecule has 0 fully saturated rings. The van der Waals surface area contributed by atoms with Crippen molar-refractivity contribution in [3.05, 3.63) is 22.7 Å². The topological polar surface area (TPSA) is 63.6 Å². The van der Waals surface area contributed by atoms with E-state index in [4.69, 9.17) is 4.74 Å². The van der Waals surface area contributed by atoms with Crippen LogP contribution in [-0.4, -0.2) is 41.4 Å². The number of anilines is 1. The largest absolute Gasteiger partial charge is 0.467 e. The number of carbonyl (C=O) groups excluding carboxylic acids is 1. The Bertz CT molecular complexity index is 728. The van der Waals surface area contributed by atoms with Crippen molar-refractivity contribution >= 4 is 50.0 Å². The van der Waals surface area contributed by atoms with Gasteiger partial charge in [-0.15, -0.1) is 23.1 Å². The number of rotatable bonds is 2. The second kappa shape index (κ2) is 4.99. The van der Waals surface area contributed by atoms with Gasteiger partial charge in [-0.05, 0) is 24.1 Å². The molecular formula is C14H13N3O2S2. The van der Waals surface area contributed by atoms with E-state index in [0.29, 0.717) is 5.75 Å². The van der Waals surface area contributed by atoms with E-state index in [1.165, 1.54) is 18.4 Å². The summed E-state index contributed by atoms with van der Waals surface area (Å²) >= 11 is 3.20. The van der Waals surface area contributed by atoms with E-state index >= 15 is 0 Å². The third kappa shape index (κ3) is 2.20. The van der Waals surface area contributed by atoms with E-state index < -0.39 is 6.04 Å². The van der Waals surface area contributed by atoms with Crippen molar-refractivity contribution in [2.24, 2.45) is 4.99 Å². The fourth-order valence-electron chi connectivity index (χ4n) is 2.56. The SMILES string of the molecule is COC(=O)[C@H]1CSC(c2nc3cc4c(cc3s2)NCC4)=N1. The third-order valence-corrected chi connectivity index (χ3v) is 5.84. The first-order valence-corrected chi connectivity index (χ1v) is 8.51. The molecule has 0 radical (unpaired) electrons. The zero-order valence-corrected chi connectivity index (χ0v) is 13.0. The van der Waals surface area contributed by atoms with Gasteiger partial charge in [0.15, 0.2) is 6.04 Å². The Morgan fingerprint density at radius 2 is 2.38 bits per heavy atom. The van der Waals surface area contributed by atoms with Gasteiger partial charge in [-0.1, -0.05) is 0 Å². The van der Waals surface area contributed by atoms with Gasteiger partial charge < -0.3 is 10.1 Å². The zero-order chi connectivity index (χ0) is 14.4. The van der Waals surface area contributed by atoms with E-state index in [9.17, 15) is 4.79 Å². The van der Waals surface area contributed by atoms with E-state index in [0.717, 1.165) is 33.2 Å². The predicted octanol–water partition coefficient (Wildman–Crippen LogP) is 2.30. The number of hydrogen-bond acceptors (Lipinski definition) is 7. The summed E-state index contributed by atoms with van der Waals surface area (Å²) < 4.78 is 5.90. The number of fused-ring (bicyclic) bond motifs is 2. The maximum absolute atomic E-state index is 11.5. The van der Waals surface area contributed by atoms with Crippen LogP contribution in [0.5, 0.6) is 0 Å². The van der Waals surface area contributed by atoms with Crippen LogP contribution in [0.15, 0.2) is 17.1 Å². The van der Waals surface area contributed by atoms with Gasteiger partial charge >= 0.3 is 5.97 Å². The molecule has 108 valence electrons. The average Bonchev–Trinajstić information content (AvgIpc) is 3.20. The Morgan fingerprint density at radius 1 is 1.48 bits per heavy atom. The average molecular weight is 319 g/mol. The van der Waals surface area contributed by atoms with Crippen LogP contribution in [0, 0.1) is 0 Å². The fourth-order valence-corrected chi connectivity index (χ4v) is 4.64. The van der Waals surface area contributed by atoms with Crippen LogP contribution >= 0.6 is 23.1 Å². The summed E-state index contributed by atoms with van der Waals surface area (Å²) in [6.45, 7) is 1.00. The summed E-state index contributed by atoms with van der Waals surface area (Å²) in [4.78, 5) is 20.7. The van der Waals surface area contributed by atoms with E-state index in [-0.39, 0.29) is 5.97 Å². The number of benzene rings is 1. The monoisotopic (exact) mass is 319 g/mol. The number of aliphatic imine (C=N–C) groups is 1. The molecule has 5 nitrogen and oxygen atoms in total. The fraction of sp³-hybridized carbons (Fsp3) is 0.357. The summed E-state index contributed by atoms with van der Waals surface area (Å²) in [5.41, 5.74) is 3.56. The van der Waals surface area contributed by atoms with Crippen LogP contribution in [0.25, 0.3) is 10.2 Å². The van der Waals surface area contributed by atoms with Crippen LogP contribution in [0.3, 0.4) is 0 Å². The summed E-state index contributed by atoms with van der Waals surface area (Å²) in [6, 6.07) is 3.92. The molecule has 0 amide bonds. The molecule has 0 unspecified atom stereocenters. The first kappa shape index (κ1) is 13.1. The van der Waals surface area contributed by atoms with E-state index in [1.807, 2.05) is 0 Å². The molecule has 21 heavy (non-hydrogen) atoms. The maximum atomic E-state index is 11.5. The Labute approximate surface area is 129 Å². The zero-order valence-electron chi connectivity index (χ0n) is 11.4. The number of aromatic nitrogens is 1. The minimum atomic E-state index is -0.395. The van der Waals surface area contributed by atoms with Gasteiger partial charge in [-0.25, -0.2) is 9.78 Å². The molecular weight excluding hydrogens is 306 g/mol. The number of hydrogen-bond donors (Lipinski definition) is 1.